The Morgan fingerprint density at radius 2 is 2.00 bits per heavy atom. The first-order chi connectivity index (χ1) is 10.1. The van der Waals surface area contributed by atoms with E-state index in [0.717, 1.165) is 24.1 Å². The number of nitrogens with one attached hydrogen (secondary N) is 1. The Labute approximate surface area is 128 Å². The van der Waals surface area contributed by atoms with Gasteiger partial charge in [0.15, 0.2) is 0 Å². The van der Waals surface area contributed by atoms with Crippen molar-refractivity contribution in [3.63, 3.8) is 0 Å². The van der Waals surface area contributed by atoms with Crippen LogP contribution in [0, 0.1) is 12.8 Å². The first-order valence-corrected chi connectivity index (χ1v) is 8.15. The fourth-order valence-corrected chi connectivity index (χ4v) is 3.11. The largest absolute Gasteiger partial charge is 0.350 e. The molecule has 1 aromatic carbocycles. The van der Waals surface area contributed by atoms with Crippen molar-refractivity contribution in [2.24, 2.45) is 5.92 Å². The average Bonchev–Trinajstić information content (AvgIpc) is 2.96. The van der Waals surface area contributed by atoms with Crippen molar-refractivity contribution >= 4 is 5.91 Å². The zero-order valence-electron chi connectivity index (χ0n) is 13.6. The molecule has 116 valence electrons. The summed E-state index contributed by atoms with van der Waals surface area (Å²) in [7, 11) is 0. The molecule has 0 bridgehead atoms. The fourth-order valence-electron chi connectivity index (χ4n) is 3.11. The summed E-state index contributed by atoms with van der Waals surface area (Å²) in [6, 6.07) is 8.26. The maximum absolute atomic E-state index is 12.3. The van der Waals surface area contributed by atoms with Crippen LogP contribution < -0.4 is 5.32 Å². The summed E-state index contributed by atoms with van der Waals surface area (Å²) in [5, 5.41) is 3.13. The summed E-state index contributed by atoms with van der Waals surface area (Å²) in [5.41, 5.74) is 1.89. The predicted molar refractivity (Wildman–Crippen MR) is 87.6 cm³/mol. The van der Waals surface area contributed by atoms with Crippen LogP contribution in [0.2, 0.25) is 0 Å². The minimum Gasteiger partial charge on any atom is -0.350 e. The third kappa shape index (κ3) is 4.85. The highest BCUT2D eigenvalue weighted by molar-refractivity contribution is 5.94. The third-order valence-electron chi connectivity index (χ3n) is 4.18. The fraction of sp³-hybridized carbons (Fsp3) is 0.611. The molecule has 0 aliphatic carbocycles. The standard InChI is InChI=1S/C18H28N2O/c1-14(2)11-17(20-9-4-5-10-20)13-19-18(21)16-8-6-7-15(3)12-16/h6-8,12,14,17H,4-5,9-11,13H2,1-3H3,(H,19,21). The number of nitrogens with zero attached hydrogens (tertiary/aromatic N) is 1. The number of aryl methyl sites for hydroxylation is 1. The number of benzene rings is 1. The Kier molecular flexibility index (Phi) is 5.80. The summed E-state index contributed by atoms with van der Waals surface area (Å²) in [6.45, 7) is 9.64. The lowest BCUT2D eigenvalue weighted by Gasteiger charge is -2.29. The van der Waals surface area contributed by atoms with E-state index in [4.69, 9.17) is 0 Å². The molecule has 0 spiro atoms. The van der Waals surface area contributed by atoms with Gasteiger partial charge in [0.2, 0.25) is 0 Å². The molecule has 3 nitrogen and oxygen atoms in total. The average molecular weight is 288 g/mol. The van der Waals surface area contributed by atoms with Gasteiger partial charge in [-0.2, -0.15) is 0 Å². The summed E-state index contributed by atoms with van der Waals surface area (Å²) in [5.74, 6) is 0.707. The maximum atomic E-state index is 12.3. The van der Waals surface area contributed by atoms with Crippen LogP contribution in [-0.2, 0) is 0 Å². The second-order valence-corrected chi connectivity index (χ2v) is 6.61. The van der Waals surface area contributed by atoms with Crippen LogP contribution in [0.3, 0.4) is 0 Å². The van der Waals surface area contributed by atoms with Crippen LogP contribution in [0.5, 0.6) is 0 Å². The molecule has 0 saturated carbocycles. The van der Waals surface area contributed by atoms with Crippen molar-refractivity contribution in [1.29, 1.82) is 0 Å². The van der Waals surface area contributed by atoms with Gasteiger partial charge in [-0.25, -0.2) is 0 Å². The molecule has 1 aliphatic rings. The van der Waals surface area contributed by atoms with E-state index in [1.807, 2.05) is 31.2 Å². The number of hydrogen-bond donors (Lipinski definition) is 1. The number of hydrogen-bond acceptors (Lipinski definition) is 2. The van der Waals surface area contributed by atoms with Crippen LogP contribution in [-0.4, -0.2) is 36.5 Å². The van der Waals surface area contributed by atoms with Gasteiger partial charge < -0.3 is 5.32 Å². The molecule has 0 radical (unpaired) electrons. The minimum absolute atomic E-state index is 0.0478. The van der Waals surface area contributed by atoms with Gasteiger partial charge in [-0.1, -0.05) is 31.5 Å². The molecule has 0 aromatic heterocycles. The Bertz CT molecular complexity index is 464. The molecule has 1 heterocycles. The summed E-state index contributed by atoms with van der Waals surface area (Å²) in [6.07, 6.45) is 3.73. The van der Waals surface area contributed by atoms with E-state index in [9.17, 15) is 4.79 Å². The van der Waals surface area contributed by atoms with Gasteiger partial charge in [0.05, 0.1) is 0 Å². The van der Waals surface area contributed by atoms with E-state index >= 15 is 0 Å². The first kappa shape index (κ1) is 16.0. The molecule has 1 aliphatic heterocycles. The number of carbonyl (C=O) groups excluding carboxylic acids is 1. The Morgan fingerprint density at radius 1 is 1.29 bits per heavy atom. The van der Waals surface area contributed by atoms with Crippen molar-refractivity contribution in [1.82, 2.24) is 10.2 Å². The second kappa shape index (κ2) is 7.60. The normalized spacial score (nSPS) is 17.1. The number of rotatable bonds is 6. The number of carbonyl (C=O) groups is 1. The van der Waals surface area contributed by atoms with Crippen LogP contribution in [0.1, 0.15) is 49.0 Å². The van der Waals surface area contributed by atoms with Crippen LogP contribution in [0.25, 0.3) is 0 Å². The van der Waals surface area contributed by atoms with Crippen molar-refractivity contribution in [3.8, 4) is 0 Å². The van der Waals surface area contributed by atoms with Gasteiger partial charge in [-0.05, 0) is 57.3 Å². The van der Waals surface area contributed by atoms with Crippen LogP contribution >= 0.6 is 0 Å². The predicted octanol–water partition coefficient (Wildman–Crippen LogP) is 3.24. The van der Waals surface area contributed by atoms with Gasteiger partial charge in [0, 0.05) is 18.2 Å². The van der Waals surface area contributed by atoms with Crippen molar-refractivity contribution in [3.05, 3.63) is 35.4 Å². The van der Waals surface area contributed by atoms with E-state index in [0.29, 0.717) is 12.0 Å². The van der Waals surface area contributed by atoms with E-state index in [2.05, 4.69) is 24.1 Å². The van der Waals surface area contributed by atoms with Crippen molar-refractivity contribution in [2.75, 3.05) is 19.6 Å². The molecule has 1 amide bonds. The highest BCUT2D eigenvalue weighted by Gasteiger charge is 2.23. The first-order valence-electron chi connectivity index (χ1n) is 8.15. The number of likely N-dealkylation sites (tertiary alicyclic amines) is 1. The van der Waals surface area contributed by atoms with Crippen molar-refractivity contribution in [2.45, 2.75) is 46.1 Å². The summed E-state index contributed by atoms with van der Waals surface area (Å²) in [4.78, 5) is 14.8. The van der Waals surface area contributed by atoms with Crippen LogP contribution in [0.4, 0.5) is 0 Å². The lowest BCUT2D eigenvalue weighted by molar-refractivity contribution is 0.0933. The number of amides is 1. The van der Waals surface area contributed by atoms with Crippen LogP contribution in [0.15, 0.2) is 24.3 Å². The van der Waals surface area contributed by atoms with E-state index in [1.165, 1.54) is 25.9 Å². The Balaban J connectivity index is 1.92. The molecule has 1 N–H and O–H groups in total. The molecule has 1 fully saturated rings. The zero-order valence-corrected chi connectivity index (χ0v) is 13.6. The van der Waals surface area contributed by atoms with Gasteiger partial charge in [-0.15, -0.1) is 0 Å². The van der Waals surface area contributed by atoms with Gasteiger partial charge in [-0.3, -0.25) is 9.69 Å². The van der Waals surface area contributed by atoms with Gasteiger partial charge in [0.25, 0.3) is 5.91 Å². The molecule has 3 heteroatoms. The molecule has 2 rings (SSSR count). The molecule has 1 aromatic rings. The molecular weight excluding hydrogens is 260 g/mol. The zero-order chi connectivity index (χ0) is 15.2. The van der Waals surface area contributed by atoms with Gasteiger partial charge in [0.1, 0.15) is 0 Å². The lowest BCUT2D eigenvalue weighted by Crippen LogP contribution is -2.43. The molecule has 1 saturated heterocycles. The lowest BCUT2D eigenvalue weighted by atomic mass is 10.0. The van der Waals surface area contributed by atoms with E-state index in [1.54, 1.807) is 0 Å². The summed E-state index contributed by atoms with van der Waals surface area (Å²) >= 11 is 0. The molecule has 1 atom stereocenters. The minimum atomic E-state index is 0.0478. The highest BCUT2D eigenvalue weighted by Crippen LogP contribution is 2.17. The summed E-state index contributed by atoms with van der Waals surface area (Å²) < 4.78 is 0. The molecule has 21 heavy (non-hydrogen) atoms. The monoisotopic (exact) mass is 288 g/mol. The smallest absolute Gasteiger partial charge is 0.251 e. The third-order valence-corrected chi connectivity index (χ3v) is 4.18. The van der Waals surface area contributed by atoms with E-state index in [-0.39, 0.29) is 5.91 Å². The highest BCUT2D eigenvalue weighted by atomic mass is 16.1. The quantitative estimate of drug-likeness (QED) is 0.871. The maximum Gasteiger partial charge on any atom is 0.251 e. The molecular formula is C18H28N2O. The van der Waals surface area contributed by atoms with Gasteiger partial charge >= 0.3 is 0 Å². The van der Waals surface area contributed by atoms with E-state index < -0.39 is 0 Å². The topological polar surface area (TPSA) is 32.3 Å². The Morgan fingerprint density at radius 3 is 2.62 bits per heavy atom. The second-order valence-electron chi connectivity index (χ2n) is 6.61. The molecule has 1 unspecified atom stereocenters. The van der Waals surface area contributed by atoms with Crippen molar-refractivity contribution < 1.29 is 4.79 Å². The Hall–Kier alpha value is -1.35. The SMILES string of the molecule is Cc1cccc(C(=O)NCC(CC(C)C)N2CCCC2)c1.